The molecule has 2 aliphatic heterocycles. The lowest BCUT2D eigenvalue weighted by atomic mass is 10.0. The molecule has 2 aromatic rings. The summed E-state index contributed by atoms with van der Waals surface area (Å²) in [7, 11) is 0. The second-order valence-electron chi connectivity index (χ2n) is 7.04. The van der Waals surface area contributed by atoms with Gasteiger partial charge in [0.15, 0.2) is 5.79 Å². The quantitative estimate of drug-likeness (QED) is 0.807. The van der Waals surface area contributed by atoms with Gasteiger partial charge in [0.25, 0.3) is 0 Å². The molecule has 6 heteroatoms. The van der Waals surface area contributed by atoms with Gasteiger partial charge in [0, 0.05) is 50.7 Å². The highest BCUT2D eigenvalue weighted by molar-refractivity contribution is 5.65. The Kier molecular flexibility index (Phi) is 5.27. The number of anilines is 2. The third-order valence-corrected chi connectivity index (χ3v) is 5.48. The van der Waals surface area contributed by atoms with E-state index in [0.717, 1.165) is 62.0 Å². The lowest BCUT2D eigenvalue weighted by Crippen LogP contribution is -2.45. The van der Waals surface area contributed by atoms with Crippen LogP contribution in [0.2, 0.25) is 0 Å². The van der Waals surface area contributed by atoms with Gasteiger partial charge in [-0.05, 0) is 13.8 Å². The Morgan fingerprint density at radius 2 is 1.67 bits per heavy atom. The van der Waals surface area contributed by atoms with Crippen molar-refractivity contribution in [3.63, 3.8) is 0 Å². The maximum absolute atomic E-state index is 5.87. The number of nitrogens with zero attached hydrogens (tertiary/aromatic N) is 4. The lowest BCUT2D eigenvalue weighted by Gasteiger charge is -2.38. The van der Waals surface area contributed by atoms with Crippen LogP contribution in [0.3, 0.4) is 0 Å². The van der Waals surface area contributed by atoms with Crippen molar-refractivity contribution >= 4 is 11.8 Å². The first-order valence-corrected chi connectivity index (χ1v) is 9.95. The Bertz CT molecular complexity index is 748. The van der Waals surface area contributed by atoms with Crippen LogP contribution >= 0.6 is 0 Å². The molecule has 0 N–H and O–H groups in total. The van der Waals surface area contributed by atoms with E-state index in [2.05, 4.69) is 41.8 Å². The summed E-state index contributed by atoms with van der Waals surface area (Å²) in [6.07, 6.45) is 1.75. The number of piperidine rings is 1. The van der Waals surface area contributed by atoms with Crippen molar-refractivity contribution in [1.82, 2.24) is 9.97 Å². The summed E-state index contributed by atoms with van der Waals surface area (Å²) < 4.78 is 11.7. The highest BCUT2D eigenvalue weighted by Gasteiger charge is 2.40. The number of benzene rings is 1. The predicted molar refractivity (Wildman–Crippen MR) is 107 cm³/mol. The molecule has 2 aliphatic rings. The van der Waals surface area contributed by atoms with Crippen molar-refractivity contribution in [2.24, 2.45) is 0 Å². The first-order valence-electron chi connectivity index (χ1n) is 9.95. The summed E-state index contributed by atoms with van der Waals surface area (Å²) >= 11 is 0. The average molecular weight is 368 g/mol. The maximum Gasteiger partial charge on any atom is 0.227 e. The van der Waals surface area contributed by atoms with E-state index >= 15 is 0 Å². The van der Waals surface area contributed by atoms with Crippen molar-refractivity contribution in [2.45, 2.75) is 32.5 Å². The van der Waals surface area contributed by atoms with Gasteiger partial charge in [0.2, 0.25) is 5.95 Å². The largest absolute Gasteiger partial charge is 0.356 e. The molecule has 1 aromatic carbocycles. The van der Waals surface area contributed by atoms with E-state index < -0.39 is 0 Å². The monoisotopic (exact) mass is 368 g/mol. The van der Waals surface area contributed by atoms with Crippen LogP contribution in [-0.2, 0) is 9.47 Å². The Morgan fingerprint density at radius 3 is 2.30 bits per heavy atom. The van der Waals surface area contributed by atoms with E-state index in [1.807, 2.05) is 18.2 Å². The maximum atomic E-state index is 5.87. The third kappa shape index (κ3) is 3.77. The molecular formula is C21H28N4O2. The molecule has 0 amide bonds. The molecular weight excluding hydrogens is 340 g/mol. The Labute approximate surface area is 161 Å². The number of rotatable bonds is 5. The first-order chi connectivity index (χ1) is 13.2. The number of ether oxygens (including phenoxy) is 2. The first kappa shape index (κ1) is 18.2. The lowest BCUT2D eigenvalue weighted by molar-refractivity contribution is -0.169. The van der Waals surface area contributed by atoms with Crippen molar-refractivity contribution in [3.8, 4) is 11.3 Å². The molecule has 0 saturated carbocycles. The summed E-state index contributed by atoms with van der Waals surface area (Å²) in [5.41, 5.74) is 2.08. The fraction of sp³-hybridized carbons (Fsp3) is 0.524. The molecule has 2 fully saturated rings. The molecule has 0 aliphatic carbocycles. The van der Waals surface area contributed by atoms with Gasteiger partial charge in [-0.2, -0.15) is 4.98 Å². The fourth-order valence-electron chi connectivity index (χ4n) is 3.85. The van der Waals surface area contributed by atoms with Gasteiger partial charge in [0.1, 0.15) is 5.82 Å². The molecule has 144 valence electrons. The Hall–Kier alpha value is -2.18. The number of hydrogen-bond acceptors (Lipinski definition) is 6. The van der Waals surface area contributed by atoms with E-state index in [9.17, 15) is 0 Å². The minimum atomic E-state index is -0.368. The molecule has 4 rings (SSSR count). The summed E-state index contributed by atoms with van der Waals surface area (Å²) in [4.78, 5) is 14.3. The van der Waals surface area contributed by atoms with Crippen molar-refractivity contribution in [2.75, 3.05) is 49.2 Å². The average Bonchev–Trinajstić information content (AvgIpc) is 3.18. The van der Waals surface area contributed by atoms with Gasteiger partial charge >= 0.3 is 0 Å². The van der Waals surface area contributed by atoms with E-state index in [0.29, 0.717) is 13.2 Å². The van der Waals surface area contributed by atoms with E-state index in [4.69, 9.17) is 19.4 Å². The standard InChI is InChI=1S/C21H28N4O2/c1-3-24(4-2)20-22-18(17-8-6-5-7-9-17)16-19(23-20)25-12-10-21(11-13-25)26-14-15-27-21/h5-9,16H,3-4,10-15H2,1-2H3. The smallest absolute Gasteiger partial charge is 0.227 e. The molecule has 0 unspecified atom stereocenters. The van der Waals surface area contributed by atoms with E-state index in [1.165, 1.54) is 0 Å². The van der Waals surface area contributed by atoms with Gasteiger partial charge in [-0.1, -0.05) is 30.3 Å². The van der Waals surface area contributed by atoms with Crippen molar-refractivity contribution in [3.05, 3.63) is 36.4 Å². The van der Waals surface area contributed by atoms with E-state index in [1.54, 1.807) is 0 Å². The van der Waals surface area contributed by atoms with Crippen LogP contribution in [0.15, 0.2) is 36.4 Å². The minimum absolute atomic E-state index is 0.368. The van der Waals surface area contributed by atoms with Crippen LogP contribution in [0, 0.1) is 0 Å². The minimum Gasteiger partial charge on any atom is -0.356 e. The zero-order valence-corrected chi connectivity index (χ0v) is 16.2. The van der Waals surface area contributed by atoms with Gasteiger partial charge in [-0.25, -0.2) is 4.98 Å². The highest BCUT2D eigenvalue weighted by atomic mass is 16.7. The second-order valence-corrected chi connectivity index (χ2v) is 7.04. The second kappa shape index (κ2) is 7.82. The van der Waals surface area contributed by atoms with E-state index in [-0.39, 0.29) is 5.79 Å². The Morgan fingerprint density at radius 1 is 1.00 bits per heavy atom. The van der Waals surface area contributed by atoms with Crippen molar-refractivity contribution < 1.29 is 9.47 Å². The van der Waals surface area contributed by atoms with Gasteiger partial charge in [-0.15, -0.1) is 0 Å². The summed E-state index contributed by atoms with van der Waals surface area (Å²) in [6, 6.07) is 12.4. The van der Waals surface area contributed by atoms with Crippen molar-refractivity contribution in [1.29, 1.82) is 0 Å². The van der Waals surface area contributed by atoms with Crippen LogP contribution in [0.5, 0.6) is 0 Å². The Balaban J connectivity index is 1.64. The molecule has 27 heavy (non-hydrogen) atoms. The molecule has 0 bridgehead atoms. The number of hydrogen-bond donors (Lipinski definition) is 0. The summed E-state index contributed by atoms with van der Waals surface area (Å²) in [5, 5.41) is 0. The molecule has 1 aromatic heterocycles. The van der Waals surface area contributed by atoms with Gasteiger partial charge in [0.05, 0.1) is 18.9 Å². The molecule has 1 spiro atoms. The predicted octanol–water partition coefficient (Wildman–Crippen LogP) is 3.33. The van der Waals surface area contributed by atoms with Crippen LogP contribution in [0.1, 0.15) is 26.7 Å². The van der Waals surface area contributed by atoms with Crippen LogP contribution in [0.4, 0.5) is 11.8 Å². The summed E-state index contributed by atoms with van der Waals surface area (Å²) in [5.74, 6) is 1.41. The summed E-state index contributed by atoms with van der Waals surface area (Å²) in [6.45, 7) is 9.22. The van der Waals surface area contributed by atoms with Crippen LogP contribution in [0.25, 0.3) is 11.3 Å². The van der Waals surface area contributed by atoms with Crippen LogP contribution < -0.4 is 9.80 Å². The highest BCUT2D eigenvalue weighted by Crippen LogP contribution is 2.34. The zero-order valence-electron chi connectivity index (χ0n) is 16.2. The normalized spacial score (nSPS) is 18.8. The fourth-order valence-corrected chi connectivity index (χ4v) is 3.85. The molecule has 0 radical (unpaired) electrons. The molecule has 2 saturated heterocycles. The SMILES string of the molecule is CCN(CC)c1nc(-c2ccccc2)cc(N2CCC3(CC2)OCCO3)n1. The molecule has 0 atom stereocenters. The van der Waals surface area contributed by atoms with Crippen LogP contribution in [-0.4, -0.2) is 55.1 Å². The molecule has 6 nitrogen and oxygen atoms in total. The van der Waals surface area contributed by atoms with Gasteiger partial charge < -0.3 is 19.3 Å². The molecule has 3 heterocycles. The third-order valence-electron chi connectivity index (χ3n) is 5.48. The number of aromatic nitrogens is 2. The zero-order chi connectivity index (χ0) is 18.7. The van der Waals surface area contributed by atoms with Gasteiger partial charge in [-0.3, -0.25) is 0 Å². The topological polar surface area (TPSA) is 50.7 Å².